The zero-order valence-electron chi connectivity index (χ0n) is 9.60. The third-order valence-corrected chi connectivity index (χ3v) is 2.87. The minimum Gasteiger partial charge on any atom is -0.461 e. The van der Waals surface area contributed by atoms with Crippen molar-refractivity contribution in [2.45, 2.75) is 18.7 Å². The Hall–Kier alpha value is -1.22. The lowest BCUT2D eigenvalue weighted by Gasteiger charge is -2.02. The van der Waals surface area contributed by atoms with Gasteiger partial charge in [0.2, 0.25) is 0 Å². The molecule has 0 atom stereocenters. The molecular formula is C13H16O2S. The molecule has 1 rings (SSSR count). The Labute approximate surface area is 101 Å². The van der Waals surface area contributed by atoms with Crippen molar-refractivity contribution in [3.8, 4) is 0 Å². The molecule has 0 saturated carbocycles. The van der Waals surface area contributed by atoms with Gasteiger partial charge in [0.15, 0.2) is 0 Å². The molecule has 0 N–H and O–H groups in total. The SMILES string of the molecule is CC(=O)OC/C(C)=C/CSc1ccccc1. The normalized spacial score (nSPS) is 11.2. The van der Waals surface area contributed by atoms with Crippen LogP contribution in [0.2, 0.25) is 0 Å². The zero-order chi connectivity index (χ0) is 11.8. The lowest BCUT2D eigenvalue weighted by molar-refractivity contribution is -0.139. The van der Waals surface area contributed by atoms with Crippen molar-refractivity contribution in [3.63, 3.8) is 0 Å². The van der Waals surface area contributed by atoms with Crippen molar-refractivity contribution in [2.24, 2.45) is 0 Å². The summed E-state index contributed by atoms with van der Waals surface area (Å²) in [5.74, 6) is 0.667. The molecule has 3 heteroatoms. The van der Waals surface area contributed by atoms with Gasteiger partial charge in [-0.2, -0.15) is 0 Å². The van der Waals surface area contributed by atoms with Gasteiger partial charge in [-0.3, -0.25) is 4.79 Å². The maximum atomic E-state index is 10.6. The van der Waals surface area contributed by atoms with Crippen molar-refractivity contribution in [1.29, 1.82) is 0 Å². The van der Waals surface area contributed by atoms with Crippen LogP contribution in [0.25, 0.3) is 0 Å². The van der Waals surface area contributed by atoms with Gasteiger partial charge in [0.05, 0.1) is 0 Å². The Morgan fingerprint density at radius 3 is 2.62 bits per heavy atom. The minimum absolute atomic E-state index is 0.233. The minimum atomic E-state index is -0.233. The number of esters is 1. The summed E-state index contributed by atoms with van der Waals surface area (Å²) in [6, 6.07) is 10.2. The molecule has 0 aliphatic carbocycles. The Balaban J connectivity index is 2.28. The Morgan fingerprint density at radius 1 is 1.31 bits per heavy atom. The van der Waals surface area contributed by atoms with E-state index in [-0.39, 0.29) is 5.97 Å². The van der Waals surface area contributed by atoms with E-state index < -0.39 is 0 Å². The van der Waals surface area contributed by atoms with E-state index in [1.54, 1.807) is 11.8 Å². The average molecular weight is 236 g/mol. The molecular weight excluding hydrogens is 220 g/mol. The topological polar surface area (TPSA) is 26.3 Å². The highest BCUT2D eigenvalue weighted by molar-refractivity contribution is 7.99. The second kappa shape index (κ2) is 7.12. The number of hydrogen-bond acceptors (Lipinski definition) is 3. The van der Waals surface area contributed by atoms with E-state index in [2.05, 4.69) is 18.2 Å². The zero-order valence-corrected chi connectivity index (χ0v) is 10.4. The summed E-state index contributed by atoms with van der Waals surface area (Å²) in [5.41, 5.74) is 1.08. The van der Waals surface area contributed by atoms with E-state index in [4.69, 9.17) is 4.74 Å². The van der Waals surface area contributed by atoms with Crippen LogP contribution in [-0.2, 0) is 9.53 Å². The number of thioether (sulfide) groups is 1. The summed E-state index contributed by atoms with van der Waals surface area (Å²) in [7, 11) is 0. The summed E-state index contributed by atoms with van der Waals surface area (Å²) in [6.45, 7) is 3.78. The van der Waals surface area contributed by atoms with Crippen LogP contribution in [-0.4, -0.2) is 18.3 Å². The standard InChI is InChI=1S/C13H16O2S/c1-11(10-15-12(2)14)8-9-16-13-6-4-3-5-7-13/h3-8H,9-10H2,1-2H3/b11-8+. The first-order chi connectivity index (χ1) is 7.68. The Kier molecular flexibility index (Phi) is 5.72. The second-order valence-corrected chi connectivity index (χ2v) is 4.55. The highest BCUT2D eigenvalue weighted by Crippen LogP contribution is 2.17. The fraction of sp³-hybridized carbons (Fsp3) is 0.308. The molecule has 0 saturated heterocycles. The van der Waals surface area contributed by atoms with Crippen LogP contribution in [0.1, 0.15) is 13.8 Å². The van der Waals surface area contributed by atoms with Crippen LogP contribution in [0.3, 0.4) is 0 Å². The number of benzene rings is 1. The van der Waals surface area contributed by atoms with Crippen molar-refractivity contribution in [2.75, 3.05) is 12.4 Å². The number of carbonyl (C=O) groups is 1. The quantitative estimate of drug-likeness (QED) is 0.446. The molecule has 0 spiro atoms. The smallest absolute Gasteiger partial charge is 0.302 e. The largest absolute Gasteiger partial charge is 0.461 e. The van der Waals surface area contributed by atoms with E-state index in [0.29, 0.717) is 6.61 Å². The monoisotopic (exact) mass is 236 g/mol. The van der Waals surface area contributed by atoms with E-state index in [1.807, 2.05) is 25.1 Å². The van der Waals surface area contributed by atoms with Crippen molar-refractivity contribution < 1.29 is 9.53 Å². The van der Waals surface area contributed by atoms with Crippen LogP contribution in [0.4, 0.5) is 0 Å². The summed E-state index contributed by atoms with van der Waals surface area (Å²) < 4.78 is 4.89. The number of carbonyl (C=O) groups excluding carboxylic acids is 1. The average Bonchev–Trinajstić information content (AvgIpc) is 2.28. The summed E-state index contributed by atoms with van der Waals surface area (Å²) in [5, 5.41) is 0. The first-order valence-electron chi connectivity index (χ1n) is 5.15. The fourth-order valence-electron chi connectivity index (χ4n) is 1.07. The van der Waals surface area contributed by atoms with Gasteiger partial charge in [0.25, 0.3) is 0 Å². The van der Waals surface area contributed by atoms with Gasteiger partial charge in [-0.1, -0.05) is 24.3 Å². The molecule has 1 aromatic rings. The lowest BCUT2D eigenvalue weighted by Crippen LogP contribution is -2.01. The summed E-state index contributed by atoms with van der Waals surface area (Å²) >= 11 is 1.77. The number of rotatable bonds is 5. The second-order valence-electron chi connectivity index (χ2n) is 3.45. The molecule has 86 valence electrons. The summed E-state index contributed by atoms with van der Waals surface area (Å²) in [6.07, 6.45) is 2.08. The van der Waals surface area contributed by atoms with E-state index in [9.17, 15) is 4.79 Å². The highest BCUT2D eigenvalue weighted by atomic mass is 32.2. The van der Waals surface area contributed by atoms with Crippen LogP contribution in [0.15, 0.2) is 46.9 Å². The van der Waals surface area contributed by atoms with Crippen molar-refractivity contribution >= 4 is 17.7 Å². The molecule has 0 unspecified atom stereocenters. The maximum Gasteiger partial charge on any atom is 0.302 e. The molecule has 0 bridgehead atoms. The molecule has 1 aromatic carbocycles. The van der Waals surface area contributed by atoms with E-state index in [1.165, 1.54) is 11.8 Å². The lowest BCUT2D eigenvalue weighted by atomic mass is 10.3. The molecule has 0 heterocycles. The van der Waals surface area contributed by atoms with Gasteiger partial charge < -0.3 is 4.74 Å². The third-order valence-electron chi connectivity index (χ3n) is 1.93. The van der Waals surface area contributed by atoms with Crippen LogP contribution in [0.5, 0.6) is 0 Å². The van der Waals surface area contributed by atoms with Gasteiger partial charge in [-0.05, 0) is 24.6 Å². The van der Waals surface area contributed by atoms with Gasteiger partial charge in [-0.15, -0.1) is 11.8 Å². The number of ether oxygens (including phenoxy) is 1. The van der Waals surface area contributed by atoms with Crippen molar-refractivity contribution in [1.82, 2.24) is 0 Å². The predicted octanol–water partition coefficient (Wildman–Crippen LogP) is 3.29. The molecule has 0 amide bonds. The molecule has 0 aromatic heterocycles. The van der Waals surface area contributed by atoms with E-state index >= 15 is 0 Å². The van der Waals surface area contributed by atoms with Crippen LogP contribution < -0.4 is 0 Å². The van der Waals surface area contributed by atoms with Gasteiger partial charge >= 0.3 is 5.97 Å². The van der Waals surface area contributed by atoms with Crippen molar-refractivity contribution in [3.05, 3.63) is 42.0 Å². The van der Waals surface area contributed by atoms with E-state index in [0.717, 1.165) is 11.3 Å². The third kappa shape index (κ3) is 5.61. The summed E-state index contributed by atoms with van der Waals surface area (Å²) in [4.78, 5) is 11.8. The highest BCUT2D eigenvalue weighted by Gasteiger charge is 1.95. The first-order valence-corrected chi connectivity index (χ1v) is 6.14. The first kappa shape index (κ1) is 12.8. The van der Waals surface area contributed by atoms with Gasteiger partial charge in [-0.25, -0.2) is 0 Å². The van der Waals surface area contributed by atoms with Crippen LogP contribution in [0, 0.1) is 0 Å². The Morgan fingerprint density at radius 2 is 2.00 bits per heavy atom. The molecule has 0 radical (unpaired) electrons. The molecule has 2 nitrogen and oxygen atoms in total. The molecule has 0 fully saturated rings. The Bertz CT molecular complexity index is 357. The van der Waals surface area contributed by atoms with Gasteiger partial charge in [0.1, 0.15) is 6.61 Å². The molecule has 16 heavy (non-hydrogen) atoms. The molecule has 0 aliphatic rings. The molecule has 0 aliphatic heterocycles. The number of hydrogen-bond donors (Lipinski definition) is 0. The maximum absolute atomic E-state index is 10.6. The fourth-order valence-corrected chi connectivity index (χ4v) is 1.98. The van der Waals surface area contributed by atoms with Crippen LogP contribution >= 0.6 is 11.8 Å². The predicted molar refractivity (Wildman–Crippen MR) is 67.6 cm³/mol. The van der Waals surface area contributed by atoms with Gasteiger partial charge in [0, 0.05) is 17.6 Å².